The van der Waals surface area contributed by atoms with E-state index < -0.39 is 23.9 Å². The predicted octanol–water partition coefficient (Wildman–Crippen LogP) is 2.06. The molecule has 0 aromatic heterocycles. The largest absolute Gasteiger partial charge is 0.461 e. The Kier molecular flexibility index (Phi) is 18.5. The van der Waals surface area contributed by atoms with Crippen LogP contribution in [0.2, 0.25) is 0 Å². The molecule has 8 nitrogen and oxygen atoms in total. The SMILES string of the molecule is C=CCOC(=O)CC(=O)OCC=C.C=CCOC(=O)CCC(=O)OCC=C. The van der Waals surface area contributed by atoms with E-state index in [1.54, 1.807) is 0 Å². The van der Waals surface area contributed by atoms with Crippen LogP contribution in [0.5, 0.6) is 0 Å². The Morgan fingerprint density at radius 1 is 0.519 bits per heavy atom. The number of hydrogen-bond acceptors (Lipinski definition) is 8. The van der Waals surface area contributed by atoms with E-state index in [0.29, 0.717) is 0 Å². The lowest BCUT2D eigenvalue weighted by atomic mass is 10.3. The highest BCUT2D eigenvalue weighted by Gasteiger charge is 2.10. The summed E-state index contributed by atoms with van der Waals surface area (Å²) in [6, 6.07) is 0. The van der Waals surface area contributed by atoms with Crippen LogP contribution in [0.15, 0.2) is 50.6 Å². The van der Waals surface area contributed by atoms with Gasteiger partial charge in [0.2, 0.25) is 0 Å². The fourth-order valence-corrected chi connectivity index (χ4v) is 1.18. The molecule has 0 aliphatic carbocycles. The molecule has 0 aliphatic rings. The Morgan fingerprint density at radius 2 is 0.778 bits per heavy atom. The first kappa shape index (κ1) is 26.1. The van der Waals surface area contributed by atoms with Crippen molar-refractivity contribution in [1.82, 2.24) is 0 Å². The molecule has 0 amide bonds. The first-order valence-electron chi connectivity index (χ1n) is 7.97. The molecule has 0 aromatic rings. The molecule has 0 atom stereocenters. The van der Waals surface area contributed by atoms with Gasteiger partial charge in [-0.05, 0) is 0 Å². The summed E-state index contributed by atoms with van der Waals surface area (Å²) in [5.41, 5.74) is 0. The summed E-state index contributed by atoms with van der Waals surface area (Å²) in [5.74, 6) is -2.09. The maximum Gasteiger partial charge on any atom is 0.317 e. The third-order valence-corrected chi connectivity index (χ3v) is 2.27. The second-order valence-corrected chi connectivity index (χ2v) is 4.56. The molecule has 0 saturated carbocycles. The normalized spacial score (nSPS) is 8.74. The summed E-state index contributed by atoms with van der Waals surface area (Å²) in [4.78, 5) is 43.3. The molecule has 0 saturated heterocycles. The molecule has 27 heavy (non-hydrogen) atoms. The molecule has 0 radical (unpaired) electrons. The summed E-state index contributed by atoms with van der Waals surface area (Å²) < 4.78 is 18.4. The van der Waals surface area contributed by atoms with Gasteiger partial charge in [0.1, 0.15) is 32.8 Å². The minimum absolute atomic E-state index is 0.0316. The van der Waals surface area contributed by atoms with Crippen LogP contribution in [0, 0.1) is 0 Å². The minimum atomic E-state index is -0.617. The summed E-state index contributed by atoms with van der Waals surface area (Å²) in [6.45, 7) is 14.0. The minimum Gasteiger partial charge on any atom is -0.461 e. The average molecular weight is 382 g/mol. The Bertz CT molecular complexity index is 476. The second kappa shape index (κ2) is 19.2. The van der Waals surface area contributed by atoms with Crippen molar-refractivity contribution in [2.45, 2.75) is 19.3 Å². The van der Waals surface area contributed by atoms with E-state index in [1.807, 2.05) is 0 Å². The van der Waals surface area contributed by atoms with Crippen molar-refractivity contribution in [3.05, 3.63) is 50.6 Å². The van der Waals surface area contributed by atoms with Crippen molar-refractivity contribution in [2.24, 2.45) is 0 Å². The topological polar surface area (TPSA) is 105 Å². The molecule has 0 aromatic carbocycles. The Balaban J connectivity index is 0. The number of esters is 4. The molecular formula is C19H26O8. The van der Waals surface area contributed by atoms with E-state index in [4.69, 9.17) is 0 Å². The highest BCUT2D eigenvalue weighted by Crippen LogP contribution is 1.96. The lowest BCUT2D eigenvalue weighted by molar-refractivity contribution is -0.153. The lowest BCUT2D eigenvalue weighted by Crippen LogP contribution is -2.13. The van der Waals surface area contributed by atoms with E-state index in [1.165, 1.54) is 24.3 Å². The number of rotatable bonds is 13. The zero-order chi connectivity index (χ0) is 20.9. The molecular weight excluding hydrogens is 356 g/mol. The molecule has 0 rings (SSSR count). The van der Waals surface area contributed by atoms with Crippen molar-refractivity contribution in [2.75, 3.05) is 26.4 Å². The van der Waals surface area contributed by atoms with E-state index in [2.05, 4.69) is 45.3 Å². The summed E-state index contributed by atoms with van der Waals surface area (Å²) >= 11 is 0. The van der Waals surface area contributed by atoms with Gasteiger partial charge in [0.05, 0.1) is 12.8 Å². The molecule has 0 heterocycles. The third kappa shape index (κ3) is 20.8. The van der Waals surface area contributed by atoms with E-state index in [-0.39, 0.29) is 45.7 Å². The van der Waals surface area contributed by atoms with Gasteiger partial charge in [-0.1, -0.05) is 50.6 Å². The zero-order valence-electron chi connectivity index (χ0n) is 15.4. The molecule has 0 unspecified atom stereocenters. The van der Waals surface area contributed by atoms with Gasteiger partial charge in [-0.2, -0.15) is 0 Å². The smallest absolute Gasteiger partial charge is 0.317 e. The number of carbonyl (C=O) groups excluding carboxylic acids is 4. The number of carbonyl (C=O) groups is 4. The van der Waals surface area contributed by atoms with Crippen LogP contribution >= 0.6 is 0 Å². The van der Waals surface area contributed by atoms with Crippen molar-refractivity contribution >= 4 is 23.9 Å². The maximum atomic E-state index is 10.9. The van der Waals surface area contributed by atoms with Gasteiger partial charge in [0.15, 0.2) is 0 Å². The fraction of sp³-hybridized carbons (Fsp3) is 0.368. The number of ether oxygens (including phenoxy) is 4. The zero-order valence-corrected chi connectivity index (χ0v) is 15.4. The van der Waals surface area contributed by atoms with Gasteiger partial charge in [-0.15, -0.1) is 0 Å². The Labute approximate surface area is 159 Å². The van der Waals surface area contributed by atoms with Crippen LogP contribution < -0.4 is 0 Å². The van der Waals surface area contributed by atoms with E-state index >= 15 is 0 Å². The van der Waals surface area contributed by atoms with Gasteiger partial charge in [0, 0.05) is 0 Å². The summed E-state index contributed by atoms with van der Waals surface area (Å²) in [7, 11) is 0. The fourth-order valence-electron chi connectivity index (χ4n) is 1.18. The van der Waals surface area contributed by atoms with Gasteiger partial charge in [0.25, 0.3) is 0 Å². The molecule has 150 valence electrons. The van der Waals surface area contributed by atoms with Crippen LogP contribution in [0.3, 0.4) is 0 Å². The van der Waals surface area contributed by atoms with Crippen LogP contribution in [0.4, 0.5) is 0 Å². The molecule has 0 N–H and O–H groups in total. The number of hydrogen-bond donors (Lipinski definition) is 0. The van der Waals surface area contributed by atoms with Crippen molar-refractivity contribution in [1.29, 1.82) is 0 Å². The van der Waals surface area contributed by atoms with Crippen LogP contribution in [0.25, 0.3) is 0 Å². The van der Waals surface area contributed by atoms with Crippen molar-refractivity contribution < 1.29 is 38.1 Å². The first-order valence-corrected chi connectivity index (χ1v) is 7.97. The van der Waals surface area contributed by atoms with Gasteiger partial charge >= 0.3 is 23.9 Å². The van der Waals surface area contributed by atoms with Crippen LogP contribution in [-0.2, 0) is 38.1 Å². The highest BCUT2D eigenvalue weighted by molar-refractivity contribution is 5.91. The van der Waals surface area contributed by atoms with Gasteiger partial charge < -0.3 is 18.9 Å². The Hall–Kier alpha value is -3.16. The monoisotopic (exact) mass is 382 g/mol. The Morgan fingerprint density at radius 3 is 1.04 bits per heavy atom. The summed E-state index contributed by atoms with van der Waals surface area (Å²) in [5, 5.41) is 0. The summed E-state index contributed by atoms with van der Waals surface area (Å²) in [6.07, 6.45) is 5.47. The first-order chi connectivity index (χ1) is 12.9. The highest BCUT2D eigenvalue weighted by atomic mass is 16.6. The molecule has 0 fully saturated rings. The van der Waals surface area contributed by atoms with E-state index in [0.717, 1.165) is 0 Å². The average Bonchev–Trinajstić information content (AvgIpc) is 2.66. The standard InChI is InChI=1S/C10H14O4.C9H12O4/c1-3-7-13-9(11)5-6-10(12)14-8-4-2;1-3-5-12-8(10)7-9(11)13-6-4-2/h3-4H,1-2,5-8H2;3-4H,1-2,5-7H2. The second-order valence-electron chi connectivity index (χ2n) is 4.56. The molecule has 8 heteroatoms. The van der Waals surface area contributed by atoms with Crippen LogP contribution in [0.1, 0.15) is 19.3 Å². The maximum absolute atomic E-state index is 10.9. The third-order valence-electron chi connectivity index (χ3n) is 2.27. The van der Waals surface area contributed by atoms with Gasteiger partial charge in [-0.3, -0.25) is 19.2 Å². The predicted molar refractivity (Wildman–Crippen MR) is 98.5 cm³/mol. The van der Waals surface area contributed by atoms with Crippen molar-refractivity contribution in [3.8, 4) is 0 Å². The molecule has 0 aliphatic heterocycles. The molecule has 0 spiro atoms. The van der Waals surface area contributed by atoms with Crippen LogP contribution in [-0.4, -0.2) is 50.3 Å². The molecule has 0 bridgehead atoms. The quantitative estimate of drug-likeness (QED) is 0.206. The van der Waals surface area contributed by atoms with Gasteiger partial charge in [-0.25, -0.2) is 0 Å². The van der Waals surface area contributed by atoms with Crippen molar-refractivity contribution in [3.63, 3.8) is 0 Å². The van der Waals surface area contributed by atoms with E-state index in [9.17, 15) is 19.2 Å². The lowest BCUT2D eigenvalue weighted by Gasteiger charge is -2.02.